The van der Waals surface area contributed by atoms with Crippen LogP contribution in [0.25, 0.3) is 0 Å². The van der Waals surface area contributed by atoms with E-state index in [-0.39, 0.29) is 0 Å². The van der Waals surface area contributed by atoms with E-state index in [1.165, 1.54) is 6.42 Å². The SMILES string of the molecule is COc1ccc(NC(N)=NCCN2CCN(C(=O)C3CCC3)CC2)cc1. The van der Waals surface area contributed by atoms with Crippen molar-refractivity contribution < 1.29 is 9.53 Å². The van der Waals surface area contributed by atoms with Gasteiger partial charge in [-0.1, -0.05) is 6.42 Å². The molecule has 0 bridgehead atoms. The number of anilines is 1. The van der Waals surface area contributed by atoms with Crippen LogP contribution in [0, 0.1) is 5.92 Å². The Morgan fingerprint density at radius 1 is 1.23 bits per heavy atom. The third kappa shape index (κ3) is 4.88. The van der Waals surface area contributed by atoms with Crippen LogP contribution in [0.15, 0.2) is 29.3 Å². The van der Waals surface area contributed by atoms with Crippen molar-refractivity contribution >= 4 is 17.6 Å². The molecule has 1 heterocycles. The Kier molecular flexibility index (Phi) is 6.33. The highest BCUT2D eigenvalue weighted by molar-refractivity contribution is 5.92. The number of aliphatic imine (C=N–C) groups is 1. The molecular weight excluding hydrogens is 330 g/mol. The number of guanidine groups is 1. The zero-order valence-corrected chi connectivity index (χ0v) is 15.5. The molecule has 1 saturated heterocycles. The summed E-state index contributed by atoms with van der Waals surface area (Å²) in [4.78, 5) is 21.0. The molecule has 2 fully saturated rings. The second-order valence-corrected chi connectivity index (χ2v) is 6.92. The van der Waals surface area contributed by atoms with Gasteiger partial charge in [0, 0.05) is 44.3 Å². The van der Waals surface area contributed by atoms with Crippen molar-refractivity contribution in [2.45, 2.75) is 19.3 Å². The molecule has 2 aliphatic rings. The highest BCUT2D eigenvalue weighted by atomic mass is 16.5. The van der Waals surface area contributed by atoms with Gasteiger partial charge in [-0.25, -0.2) is 0 Å². The minimum absolute atomic E-state index is 0.301. The molecule has 1 amide bonds. The van der Waals surface area contributed by atoms with Gasteiger partial charge in [-0.05, 0) is 37.1 Å². The van der Waals surface area contributed by atoms with Gasteiger partial charge in [-0.3, -0.25) is 14.7 Å². The number of piperazine rings is 1. The van der Waals surface area contributed by atoms with Crippen molar-refractivity contribution in [3.05, 3.63) is 24.3 Å². The summed E-state index contributed by atoms with van der Waals surface area (Å²) in [5.74, 6) is 1.88. The smallest absolute Gasteiger partial charge is 0.225 e. The van der Waals surface area contributed by atoms with E-state index in [9.17, 15) is 4.79 Å². The van der Waals surface area contributed by atoms with E-state index in [2.05, 4.69) is 15.2 Å². The second kappa shape index (κ2) is 8.89. The summed E-state index contributed by atoms with van der Waals surface area (Å²) >= 11 is 0. The topological polar surface area (TPSA) is 83.2 Å². The van der Waals surface area contributed by atoms with E-state index in [0.29, 0.717) is 24.3 Å². The Balaban J connectivity index is 1.36. The largest absolute Gasteiger partial charge is 0.497 e. The van der Waals surface area contributed by atoms with Crippen molar-refractivity contribution in [2.75, 3.05) is 51.7 Å². The summed E-state index contributed by atoms with van der Waals surface area (Å²) < 4.78 is 5.13. The highest BCUT2D eigenvalue weighted by Gasteiger charge is 2.30. The maximum absolute atomic E-state index is 12.3. The van der Waals surface area contributed by atoms with E-state index < -0.39 is 0 Å². The van der Waals surface area contributed by atoms with Crippen LogP contribution in [0.2, 0.25) is 0 Å². The highest BCUT2D eigenvalue weighted by Crippen LogP contribution is 2.28. The van der Waals surface area contributed by atoms with Gasteiger partial charge in [0.1, 0.15) is 5.75 Å². The van der Waals surface area contributed by atoms with Crippen LogP contribution in [0.4, 0.5) is 5.69 Å². The fourth-order valence-electron chi connectivity index (χ4n) is 3.28. The molecule has 1 aliphatic heterocycles. The van der Waals surface area contributed by atoms with Gasteiger partial charge in [0.15, 0.2) is 5.96 Å². The first-order valence-electron chi connectivity index (χ1n) is 9.38. The molecule has 3 rings (SSSR count). The monoisotopic (exact) mass is 359 g/mol. The van der Waals surface area contributed by atoms with E-state index in [0.717, 1.165) is 57.0 Å². The van der Waals surface area contributed by atoms with Crippen molar-refractivity contribution in [3.63, 3.8) is 0 Å². The van der Waals surface area contributed by atoms with E-state index in [4.69, 9.17) is 10.5 Å². The van der Waals surface area contributed by atoms with Crippen LogP contribution < -0.4 is 15.8 Å². The van der Waals surface area contributed by atoms with Crippen molar-refractivity contribution in [1.29, 1.82) is 0 Å². The summed E-state index contributed by atoms with van der Waals surface area (Å²) in [6, 6.07) is 7.55. The van der Waals surface area contributed by atoms with Gasteiger partial charge in [0.2, 0.25) is 5.91 Å². The Labute approximate surface area is 155 Å². The van der Waals surface area contributed by atoms with E-state index in [1.54, 1.807) is 7.11 Å². The van der Waals surface area contributed by atoms with Crippen LogP contribution in [-0.2, 0) is 4.79 Å². The molecule has 142 valence electrons. The molecule has 0 aromatic heterocycles. The first-order valence-corrected chi connectivity index (χ1v) is 9.38. The Bertz CT molecular complexity index is 619. The molecule has 26 heavy (non-hydrogen) atoms. The molecule has 3 N–H and O–H groups in total. The van der Waals surface area contributed by atoms with Crippen LogP contribution in [0.3, 0.4) is 0 Å². The summed E-state index contributed by atoms with van der Waals surface area (Å²) in [7, 11) is 1.64. The first-order chi connectivity index (χ1) is 12.7. The number of hydrogen-bond acceptors (Lipinski definition) is 4. The number of hydrogen-bond donors (Lipinski definition) is 2. The van der Waals surface area contributed by atoms with Crippen LogP contribution >= 0.6 is 0 Å². The lowest BCUT2D eigenvalue weighted by atomic mass is 9.84. The maximum Gasteiger partial charge on any atom is 0.225 e. The fourth-order valence-corrected chi connectivity index (χ4v) is 3.28. The number of carbonyl (C=O) groups excluding carboxylic acids is 1. The number of nitrogens with two attached hydrogens (primary N) is 1. The molecule has 0 spiro atoms. The van der Waals surface area contributed by atoms with Crippen molar-refractivity contribution in [1.82, 2.24) is 9.80 Å². The molecule has 1 aromatic rings. The van der Waals surface area contributed by atoms with Gasteiger partial charge < -0.3 is 20.7 Å². The molecule has 7 nitrogen and oxygen atoms in total. The average Bonchev–Trinajstić information content (AvgIpc) is 2.61. The molecule has 1 aromatic carbocycles. The number of amides is 1. The molecule has 0 unspecified atom stereocenters. The summed E-state index contributed by atoms with van der Waals surface area (Å²) in [6.07, 6.45) is 3.36. The molecule has 1 aliphatic carbocycles. The minimum atomic E-state index is 0.301. The van der Waals surface area contributed by atoms with Gasteiger partial charge >= 0.3 is 0 Å². The summed E-state index contributed by atoms with van der Waals surface area (Å²) in [5.41, 5.74) is 6.83. The molecular formula is C19H29N5O2. The number of benzene rings is 1. The van der Waals surface area contributed by atoms with Crippen molar-refractivity contribution in [3.8, 4) is 5.75 Å². The first kappa shape index (κ1) is 18.5. The number of carbonyl (C=O) groups is 1. The molecule has 0 atom stereocenters. The third-order valence-electron chi connectivity index (χ3n) is 5.20. The quantitative estimate of drug-likeness (QED) is 0.592. The standard InChI is InChI=1S/C19H29N5O2/c1-26-17-7-5-16(6-8-17)22-19(20)21-9-10-23-11-13-24(14-12-23)18(25)15-3-2-4-15/h5-8,15H,2-4,9-14H2,1H3,(H3,20,21,22). The Hall–Kier alpha value is -2.28. The molecule has 1 saturated carbocycles. The summed E-state index contributed by atoms with van der Waals surface area (Å²) in [6.45, 7) is 5.00. The van der Waals surface area contributed by atoms with Gasteiger partial charge in [0.25, 0.3) is 0 Å². The fraction of sp³-hybridized carbons (Fsp3) is 0.579. The van der Waals surface area contributed by atoms with Gasteiger partial charge in [0.05, 0.1) is 13.7 Å². The number of ether oxygens (including phenoxy) is 1. The van der Waals surface area contributed by atoms with Gasteiger partial charge in [-0.2, -0.15) is 0 Å². The number of nitrogens with one attached hydrogen (secondary N) is 1. The number of nitrogens with zero attached hydrogens (tertiary/aromatic N) is 3. The Morgan fingerprint density at radius 2 is 1.92 bits per heavy atom. The van der Waals surface area contributed by atoms with Crippen LogP contribution in [-0.4, -0.2) is 68.0 Å². The van der Waals surface area contributed by atoms with Gasteiger partial charge in [-0.15, -0.1) is 0 Å². The minimum Gasteiger partial charge on any atom is -0.497 e. The lowest BCUT2D eigenvalue weighted by Gasteiger charge is -2.38. The predicted octanol–water partition coefficient (Wildman–Crippen LogP) is 1.37. The molecule has 0 radical (unpaired) electrons. The lowest BCUT2D eigenvalue weighted by molar-refractivity contribution is -0.139. The van der Waals surface area contributed by atoms with Crippen LogP contribution in [0.5, 0.6) is 5.75 Å². The number of methoxy groups -OCH3 is 1. The normalized spacial score (nSPS) is 19.1. The number of rotatable bonds is 6. The zero-order chi connectivity index (χ0) is 18.4. The zero-order valence-electron chi connectivity index (χ0n) is 15.5. The summed E-state index contributed by atoms with van der Waals surface area (Å²) in [5, 5.41) is 3.08. The Morgan fingerprint density at radius 3 is 2.50 bits per heavy atom. The van der Waals surface area contributed by atoms with E-state index in [1.807, 2.05) is 29.2 Å². The lowest BCUT2D eigenvalue weighted by Crippen LogP contribution is -2.51. The second-order valence-electron chi connectivity index (χ2n) is 6.92. The van der Waals surface area contributed by atoms with Crippen LogP contribution in [0.1, 0.15) is 19.3 Å². The average molecular weight is 359 g/mol. The predicted molar refractivity (Wildman–Crippen MR) is 103 cm³/mol. The molecule has 7 heteroatoms. The van der Waals surface area contributed by atoms with E-state index >= 15 is 0 Å². The maximum atomic E-state index is 12.3. The van der Waals surface area contributed by atoms with Crippen molar-refractivity contribution in [2.24, 2.45) is 16.6 Å². The third-order valence-corrected chi connectivity index (χ3v) is 5.20.